The van der Waals surface area contributed by atoms with Crippen molar-refractivity contribution in [1.82, 2.24) is 15.6 Å². The van der Waals surface area contributed by atoms with Crippen molar-refractivity contribution in [1.29, 1.82) is 0 Å². The van der Waals surface area contributed by atoms with Crippen LogP contribution in [-0.2, 0) is 4.79 Å². The first-order valence-corrected chi connectivity index (χ1v) is 8.08. The largest absolute Gasteiger partial charge is 0.470 e. The molecule has 1 aromatic heterocycles. The molecule has 2 N–H and O–H groups in total. The van der Waals surface area contributed by atoms with Crippen LogP contribution in [0.1, 0.15) is 30.7 Å². The van der Waals surface area contributed by atoms with E-state index in [0.29, 0.717) is 6.54 Å². The Bertz CT molecular complexity index is 596. The molecule has 132 valence electrons. The summed E-state index contributed by atoms with van der Waals surface area (Å²) in [7, 11) is 0. The summed E-state index contributed by atoms with van der Waals surface area (Å²) in [6.07, 6.45) is 2.31. The quantitative estimate of drug-likeness (QED) is 0.827. The zero-order chi connectivity index (χ0) is 17.2. The summed E-state index contributed by atoms with van der Waals surface area (Å²) >= 11 is 0. The van der Waals surface area contributed by atoms with Crippen LogP contribution in [0.3, 0.4) is 0 Å². The predicted molar refractivity (Wildman–Crippen MR) is 81.0 cm³/mol. The molecule has 1 amide bonds. The number of aromatic nitrogens is 1. The van der Waals surface area contributed by atoms with Gasteiger partial charge in [0.25, 0.3) is 5.91 Å². The highest BCUT2D eigenvalue weighted by molar-refractivity contribution is 5.83. The monoisotopic (exact) mass is 343 g/mol. The van der Waals surface area contributed by atoms with Gasteiger partial charge in [0.2, 0.25) is 5.88 Å². The normalized spacial score (nSPS) is 24.5. The number of carbonyl (C=O) groups excluding carboxylic acids is 1. The molecule has 1 saturated carbocycles. The van der Waals surface area contributed by atoms with Crippen molar-refractivity contribution in [2.24, 2.45) is 0 Å². The first-order chi connectivity index (χ1) is 11.5. The molecule has 2 fully saturated rings. The van der Waals surface area contributed by atoms with Gasteiger partial charge in [-0.15, -0.1) is 0 Å². The van der Waals surface area contributed by atoms with E-state index in [-0.39, 0.29) is 24.8 Å². The van der Waals surface area contributed by atoms with Crippen molar-refractivity contribution in [2.45, 2.75) is 43.3 Å². The van der Waals surface area contributed by atoms with E-state index in [2.05, 4.69) is 15.6 Å². The zero-order valence-electron chi connectivity index (χ0n) is 13.1. The van der Waals surface area contributed by atoms with Crippen LogP contribution in [0.5, 0.6) is 5.88 Å². The fourth-order valence-electron chi connectivity index (χ4n) is 2.71. The van der Waals surface area contributed by atoms with Crippen LogP contribution in [0.15, 0.2) is 18.3 Å². The lowest BCUT2D eigenvalue weighted by Gasteiger charge is -2.29. The molecule has 0 aromatic carbocycles. The average molecular weight is 343 g/mol. The molecule has 0 bridgehead atoms. The van der Waals surface area contributed by atoms with Crippen LogP contribution in [0.2, 0.25) is 0 Å². The van der Waals surface area contributed by atoms with Gasteiger partial charge >= 0.3 is 5.92 Å². The van der Waals surface area contributed by atoms with Gasteiger partial charge in [0.05, 0.1) is 6.04 Å². The van der Waals surface area contributed by atoms with E-state index in [1.807, 2.05) is 0 Å². The summed E-state index contributed by atoms with van der Waals surface area (Å²) in [6, 6.07) is 2.62. The zero-order valence-corrected chi connectivity index (χ0v) is 13.1. The Morgan fingerprint density at radius 2 is 2.21 bits per heavy atom. The predicted octanol–water partition coefficient (Wildman–Crippen LogP) is 1.79. The molecular weight excluding hydrogens is 323 g/mol. The van der Waals surface area contributed by atoms with E-state index in [1.165, 1.54) is 6.20 Å². The van der Waals surface area contributed by atoms with Crippen LogP contribution in [-0.4, -0.2) is 48.7 Å². The average Bonchev–Trinajstić information content (AvgIpc) is 3.40. The van der Waals surface area contributed by atoms with Gasteiger partial charge in [0.1, 0.15) is 6.17 Å². The first-order valence-electron chi connectivity index (χ1n) is 8.08. The van der Waals surface area contributed by atoms with E-state index in [9.17, 15) is 18.0 Å². The maximum absolute atomic E-state index is 14.0. The Morgan fingerprint density at radius 1 is 1.42 bits per heavy atom. The molecule has 1 aliphatic carbocycles. The van der Waals surface area contributed by atoms with Gasteiger partial charge in [0, 0.05) is 18.3 Å². The number of nitrogens with one attached hydrogen (secondary N) is 2. The van der Waals surface area contributed by atoms with E-state index in [4.69, 9.17) is 4.74 Å². The molecule has 5 nitrogen and oxygen atoms in total. The van der Waals surface area contributed by atoms with Gasteiger partial charge < -0.3 is 15.4 Å². The number of alkyl halides is 3. The number of carbonyl (C=O) groups is 1. The molecule has 1 saturated heterocycles. The van der Waals surface area contributed by atoms with Crippen LogP contribution < -0.4 is 15.4 Å². The van der Waals surface area contributed by atoms with Crippen molar-refractivity contribution < 1.29 is 22.7 Å². The third-order valence-corrected chi connectivity index (χ3v) is 4.26. The second-order valence-corrected chi connectivity index (χ2v) is 6.25. The fraction of sp³-hybridized carbons (Fsp3) is 0.625. The highest BCUT2D eigenvalue weighted by Crippen LogP contribution is 2.43. The molecule has 2 atom stereocenters. The van der Waals surface area contributed by atoms with E-state index >= 15 is 0 Å². The number of pyridine rings is 1. The van der Waals surface area contributed by atoms with Crippen LogP contribution >= 0.6 is 0 Å². The molecule has 1 aliphatic heterocycles. The molecule has 3 rings (SSSR count). The summed E-state index contributed by atoms with van der Waals surface area (Å²) < 4.78 is 46.8. The van der Waals surface area contributed by atoms with Gasteiger partial charge in [-0.05, 0) is 37.8 Å². The van der Waals surface area contributed by atoms with Gasteiger partial charge in [-0.3, -0.25) is 4.79 Å². The highest BCUT2D eigenvalue weighted by Gasteiger charge is 2.42. The molecule has 2 aliphatic rings. The Balaban J connectivity index is 1.58. The maximum Gasteiger partial charge on any atom is 0.357 e. The Kier molecular flexibility index (Phi) is 4.93. The Hall–Kier alpha value is -1.83. The van der Waals surface area contributed by atoms with Gasteiger partial charge in [0.15, 0.2) is 6.61 Å². The summed E-state index contributed by atoms with van der Waals surface area (Å²) in [5.74, 6) is -4.83. The van der Waals surface area contributed by atoms with Gasteiger partial charge in [-0.25, -0.2) is 9.37 Å². The van der Waals surface area contributed by atoms with Crippen LogP contribution in [0.4, 0.5) is 13.2 Å². The standard InChI is InChI=1S/C16H20F3N3O2/c17-12-8-20-7-5-13(12)22-15(23)16(18,19)9-24-14-11(10-3-4-10)2-1-6-21-14/h1-2,6,10,12-13,20H,3-5,7-9H2,(H,22,23)/t12-,13-/m0/s1. The third kappa shape index (κ3) is 3.98. The number of hydrogen-bond acceptors (Lipinski definition) is 4. The minimum Gasteiger partial charge on any atom is -0.470 e. The highest BCUT2D eigenvalue weighted by atomic mass is 19.3. The number of halogens is 3. The number of hydrogen-bond donors (Lipinski definition) is 2. The minimum atomic E-state index is -3.75. The lowest BCUT2D eigenvalue weighted by Crippen LogP contribution is -2.55. The molecule has 2 heterocycles. The van der Waals surface area contributed by atoms with Crippen molar-refractivity contribution in [2.75, 3.05) is 19.7 Å². The number of amides is 1. The van der Waals surface area contributed by atoms with Crippen molar-refractivity contribution in [3.8, 4) is 5.88 Å². The Labute approximate surface area is 138 Å². The minimum absolute atomic E-state index is 0.0473. The number of ether oxygens (including phenoxy) is 1. The Morgan fingerprint density at radius 3 is 2.92 bits per heavy atom. The lowest BCUT2D eigenvalue weighted by molar-refractivity contribution is -0.151. The van der Waals surface area contributed by atoms with E-state index < -0.39 is 30.7 Å². The number of nitrogens with zero attached hydrogens (tertiary/aromatic N) is 1. The van der Waals surface area contributed by atoms with Crippen molar-refractivity contribution in [3.05, 3.63) is 23.9 Å². The fourth-order valence-corrected chi connectivity index (χ4v) is 2.71. The molecular formula is C16H20F3N3O2. The summed E-state index contributed by atoms with van der Waals surface area (Å²) in [5, 5.41) is 4.89. The number of rotatable bonds is 6. The second-order valence-electron chi connectivity index (χ2n) is 6.25. The van der Waals surface area contributed by atoms with Crippen molar-refractivity contribution >= 4 is 5.91 Å². The third-order valence-electron chi connectivity index (χ3n) is 4.26. The van der Waals surface area contributed by atoms with Crippen LogP contribution in [0.25, 0.3) is 0 Å². The lowest BCUT2D eigenvalue weighted by atomic mass is 10.0. The topological polar surface area (TPSA) is 63.2 Å². The second kappa shape index (κ2) is 6.96. The summed E-state index contributed by atoms with van der Waals surface area (Å²) in [6.45, 7) is -0.588. The van der Waals surface area contributed by atoms with Gasteiger partial charge in [-0.2, -0.15) is 8.78 Å². The molecule has 0 unspecified atom stereocenters. The van der Waals surface area contributed by atoms with Gasteiger partial charge in [-0.1, -0.05) is 6.07 Å². The molecule has 24 heavy (non-hydrogen) atoms. The number of piperidine rings is 1. The molecule has 1 aromatic rings. The first kappa shape index (κ1) is 17.0. The van der Waals surface area contributed by atoms with E-state index in [1.54, 1.807) is 12.1 Å². The summed E-state index contributed by atoms with van der Waals surface area (Å²) in [4.78, 5) is 15.8. The SMILES string of the molecule is O=C(N[C@H]1CCNC[C@@H]1F)C(F)(F)COc1ncccc1C1CC1. The van der Waals surface area contributed by atoms with Crippen molar-refractivity contribution in [3.63, 3.8) is 0 Å². The van der Waals surface area contributed by atoms with E-state index in [0.717, 1.165) is 18.4 Å². The molecule has 0 radical (unpaired) electrons. The van der Waals surface area contributed by atoms with Crippen LogP contribution in [0, 0.1) is 0 Å². The smallest absolute Gasteiger partial charge is 0.357 e. The maximum atomic E-state index is 14.0. The summed E-state index contributed by atoms with van der Waals surface area (Å²) in [5.41, 5.74) is 0.788. The molecule has 0 spiro atoms. The molecule has 8 heteroatoms.